The third kappa shape index (κ3) is 1.96. The summed E-state index contributed by atoms with van der Waals surface area (Å²) in [6.07, 6.45) is 4.24. The SMILES string of the molecule is N#CCC(=NC#N)N1CCCC1. The first kappa shape index (κ1) is 8.55. The highest BCUT2D eigenvalue weighted by molar-refractivity contribution is 5.85. The van der Waals surface area contributed by atoms with Crippen LogP contribution in [0.2, 0.25) is 0 Å². The number of nitriles is 2. The molecule has 1 heterocycles. The van der Waals surface area contributed by atoms with E-state index >= 15 is 0 Å². The van der Waals surface area contributed by atoms with Crippen molar-refractivity contribution in [1.82, 2.24) is 4.90 Å². The van der Waals surface area contributed by atoms with Crippen LogP contribution in [0.1, 0.15) is 19.3 Å². The van der Waals surface area contributed by atoms with Crippen LogP contribution in [0.5, 0.6) is 0 Å². The van der Waals surface area contributed by atoms with Gasteiger partial charge in [-0.05, 0) is 12.8 Å². The summed E-state index contributed by atoms with van der Waals surface area (Å²) >= 11 is 0. The third-order valence-electron chi connectivity index (χ3n) is 1.89. The predicted octanol–water partition coefficient (Wildman–Crippen LogP) is 0.875. The van der Waals surface area contributed by atoms with Gasteiger partial charge in [-0.1, -0.05) is 0 Å². The van der Waals surface area contributed by atoms with Gasteiger partial charge in [-0.3, -0.25) is 0 Å². The van der Waals surface area contributed by atoms with Crippen molar-refractivity contribution >= 4 is 5.84 Å². The van der Waals surface area contributed by atoms with E-state index in [2.05, 4.69) is 4.99 Å². The molecule has 0 saturated carbocycles. The lowest BCUT2D eigenvalue weighted by molar-refractivity contribution is 0.512. The average molecular weight is 162 g/mol. The topological polar surface area (TPSA) is 63.2 Å². The normalized spacial score (nSPS) is 17.2. The molecule has 0 amide bonds. The molecule has 0 aromatic carbocycles. The number of aliphatic imine (C=N–C) groups is 1. The maximum Gasteiger partial charge on any atom is 0.207 e. The number of amidine groups is 1. The van der Waals surface area contributed by atoms with Gasteiger partial charge < -0.3 is 4.90 Å². The van der Waals surface area contributed by atoms with Gasteiger partial charge in [0, 0.05) is 13.1 Å². The fraction of sp³-hybridized carbons (Fsp3) is 0.625. The second kappa shape index (κ2) is 4.35. The van der Waals surface area contributed by atoms with E-state index < -0.39 is 0 Å². The Kier molecular flexibility index (Phi) is 3.10. The van der Waals surface area contributed by atoms with Gasteiger partial charge in [-0.25, -0.2) is 0 Å². The summed E-state index contributed by atoms with van der Waals surface area (Å²) in [5, 5.41) is 16.8. The van der Waals surface area contributed by atoms with Gasteiger partial charge >= 0.3 is 0 Å². The van der Waals surface area contributed by atoms with Crippen LogP contribution in [-0.2, 0) is 0 Å². The highest BCUT2D eigenvalue weighted by atomic mass is 15.2. The molecule has 1 aliphatic rings. The molecular formula is C8H10N4. The van der Waals surface area contributed by atoms with Crippen molar-refractivity contribution in [3.63, 3.8) is 0 Å². The van der Waals surface area contributed by atoms with Crippen molar-refractivity contribution in [2.45, 2.75) is 19.3 Å². The molecule has 4 nitrogen and oxygen atoms in total. The van der Waals surface area contributed by atoms with Gasteiger partial charge in [-0.2, -0.15) is 15.5 Å². The first-order valence-corrected chi connectivity index (χ1v) is 3.96. The summed E-state index contributed by atoms with van der Waals surface area (Å²) < 4.78 is 0. The van der Waals surface area contributed by atoms with Crippen LogP contribution in [0.25, 0.3) is 0 Å². The largest absolute Gasteiger partial charge is 0.358 e. The number of rotatable bonds is 1. The average Bonchev–Trinajstić information content (AvgIpc) is 2.56. The molecule has 62 valence electrons. The molecule has 1 fully saturated rings. The van der Waals surface area contributed by atoms with E-state index in [0.29, 0.717) is 5.84 Å². The lowest BCUT2D eigenvalue weighted by Crippen LogP contribution is -2.27. The second-order valence-corrected chi connectivity index (χ2v) is 2.66. The molecule has 0 unspecified atom stereocenters. The van der Waals surface area contributed by atoms with Crippen LogP contribution in [0.3, 0.4) is 0 Å². The van der Waals surface area contributed by atoms with E-state index in [1.165, 1.54) is 0 Å². The van der Waals surface area contributed by atoms with Crippen molar-refractivity contribution in [2.75, 3.05) is 13.1 Å². The summed E-state index contributed by atoms with van der Waals surface area (Å²) in [5.74, 6) is 0.623. The molecule has 0 N–H and O–H groups in total. The molecule has 0 atom stereocenters. The fourth-order valence-corrected chi connectivity index (χ4v) is 1.33. The summed E-state index contributed by atoms with van der Waals surface area (Å²) in [7, 11) is 0. The Morgan fingerprint density at radius 3 is 2.50 bits per heavy atom. The van der Waals surface area contributed by atoms with Crippen molar-refractivity contribution in [3.8, 4) is 12.3 Å². The molecule has 1 saturated heterocycles. The molecule has 0 radical (unpaired) electrons. The van der Waals surface area contributed by atoms with E-state index in [4.69, 9.17) is 10.5 Å². The molecule has 4 heteroatoms. The van der Waals surface area contributed by atoms with Gasteiger partial charge in [-0.15, -0.1) is 0 Å². The van der Waals surface area contributed by atoms with Crippen LogP contribution < -0.4 is 0 Å². The summed E-state index contributed by atoms with van der Waals surface area (Å²) in [5.41, 5.74) is 0. The third-order valence-corrected chi connectivity index (χ3v) is 1.89. The standard InChI is InChI=1S/C8H10N4/c9-4-3-8(11-7-10)12-5-1-2-6-12/h1-3,5-6H2. The Morgan fingerprint density at radius 1 is 1.33 bits per heavy atom. The van der Waals surface area contributed by atoms with Gasteiger partial charge in [0.1, 0.15) is 5.84 Å². The highest BCUT2D eigenvalue weighted by Gasteiger charge is 2.15. The Bertz CT molecular complexity index is 249. The summed E-state index contributed by atoms with van der Waals surface area (Å²) in [6.45, 7) is 1.87. The van der Waals surface area contributed by atoms with E-state index in [9.17, 15) is 0 Å². The fourth-order valence-electron chi connectivity index (χ4n) is 1.33. The molecule has 0 aliphatic carbocycles. The first-order valence-electron chi connectivity index (χ1n) is 3.96. The molecule has 12 heavy (non-hydrogen) atoms. The van der Waals surface area contributed by atoms with Crippen LogP contribution in [0.4, 0.5) is 0 Å². The quantitative estimate of drug-likeness (QED) is 0.326. The van der Waals surface area contributed by atoms with Crippen LogP contribution in [-0.4, -0.2) is 23.8 Å². The number of hydrogen-bond donors (Lipinski definition) is 0. The predicted molar refractivity (Wildman–Crippen MR) is 44.1 cm³/mol. The number of nitrogens with zero attached hydrogens (tertiary/aromatic N) is 4. The minimum Gasteiger partial charge on any atom is -0.358 e. The molecule has 1 rings (SSSR count). The Morgan fingerprint density at radius 2 is 2.00 bits per heavy atom. The summed E-state index contributed by atoms with van der Waals surface area (Å²) in [4.78, 5) is 5.63. The van der Waals surface area contributed by atoms with Crippen LogP contribution in [0, 0.1) is 22.8 Å². The van der Waals surface area contributed by atoms with Gasteiger partial charge in [0.05, 0.1) is 12.5 Å². The first-order chi connectivity index (χ1) is 5.88. The van der Waals surface area contributed by atoms with Crippen molar-refractivity contribution in [2.24, 2.45) is 4.99 Å². The van der Waals surface area contributed by atoms with Gasteiger partial charge in [0.25, 0.3) is 0 Å². The van der Waals surface area contributed by atoms with Crippen LogP contribution in [0.15, 0.2) is 4.99 Å². The molecule has 0 aromatic heterocycles. The molecule has 0 spiro atoms. The maximum absolute atomic E-state index is 8.46. The van der Waals surface area contributed by atoms with Gasteiger partial charge in [0.15, 0.2) is 0 Å². The van der Waals surface area contributed by atoms with E-state index in [1.807, 2.05) is 11.0 Å². The van der Waals surface area contributed by atoms with Crippen LogP contribution >= 0.6 is 0 Å². The zero-order valence-electron chi connectivity index (χ0n) is 6.82. The van der Waals surface area contributed by atoms with Crippen molar-refractivity contribution < 1.29 is 0 Å². The Labute approximate surface area is 71.7 Å². The van der Waals surface area contributed by atoms with E-state index in [1.54, 1.807) is 6.19 Å². The lowest BCUT2D eigenvalue weighted by atomic mass is 10.4. The second-order valence-electron chi connectivity index (χ2n) is 2.66. The zero-order chi connectivity index (χ0) is 8.81. The lowest BCUT2D eigenvalue weighted by Gasteiger charge is -2.15. The molecule has 1 aliphatic heterocycles. The minimum absolute atomic E-state index is 0.244. The Balaban J connectivity index is 2.60. The molecular weight excluding hydrogens is 152 g/mol. The maximum atomic E-state index is 8.46. The smallest absolute Gasteiger partial charge is 0.207 e. The number of hydrogen-bond acceptors (Lipinski definition) is 3. The molecule has 0 aromatic rings. The zero-order valence-corrected chi connectivity index (χ0v) is 6.82. The number of likely N-dealkylation sites (tertiary alicyclic amines) is 1. The van der Waals surface area contributed by atoms with Gasteiger partial charge in [0.2, 0.25) is 6.19 Å². The monoisotopic (exact) mass is 162 g/mol. The van der Waals surface area contributed by atoms with Crippen molar-refractivity contribution in [1.29, 1.82) is 10.5 Å². The Hall–Kier alpha value is -1.55. The molecule has 0 bridgehead atoms. The summed E-state index contributed by atoms with van der Waals surface area (Å²) in [6, 6.07) is 2.01. The van der Waals surface area contributed by atoms with E-state index in [0.717, 1.165) is 25.9 Å². The van der Waals surface area contributed by atoms with E-state index in [-0.39, 0.29) is 6.42 Å². The van der Waals surface area contributed by atoms with Crippen molar-refractivity contribution in [3.05, 3.63) is 0 Å². The highest BCUT2D eigenvalue weighted by Crippen LogP contribution is 2.09. The minimum atomic E-state index is 0.244.